The van der Waals surface area contributed by atoms with Gasteiger partial charge >= 0.3 is 0 Å². The highest BCUT2D eigenvalue weighted by atomic mass is 16.5. The van der Waals surface area contributed by atoms with Crippen molar-refractivity contribution in [2.24, 2.45) is 23.7 Å². The van der Waals surface area contributed by atoms with E-state index in [1.165, 1.54) is 30.4 Å². The molecule has 1 heterocycles. The topological polar surface area (TPSA) is 21.3 Å². The van der Waals surface area contributed by atoms with Gasteiger partial charge < -0.3 is 10.1 Å². The van der Waals surface area contributed by atoms with Crippen molar-refractivity contribution < 1.29 is 4.74 Å². The number of hydrogen-bond donors (Lipinski definition) is 1. The number of ether oxygens (including phenoxy) is 1. The molecule has 2 nitrogen and oxygen atoms in total. The van der Waals surface area contributed by atoms with Crippen molar-refractivity contribution in [3.8, 4) is 5.75 Å². The van der Waals surface area contributed by atoms with Crippen LogP contribution in [0.5, 0.6) is 5.75 Å². The molecule has 0 aromatic heterocycles. The highest BCUT2D eigenvalue weighted by Crippen LogP contribution is 2.65. The molecule has 1 aromatic rings. The molecule has 3 fully saturated rings. The molecule has 4 atom stereocenters. The number of rotatable bonds is 3. The van der Waals surface area contributed by atoms with E-state index in [4.69, 9.17) is 4.74 Å². The first-order chi connectivity index (χ1) is 10.1. The predicted molar refractivity (Wildman–Crippen MR) is 83.3 cm³/mol. The quantitative estimate of drug-likeness (QED) is 0.916. The average Bonchev–Trinajstić information content (AvgIpc) is 2.75. The van der Waals surface area contributed by atoms with Gasteiger partial charge in [0.25, 0.3) is 0 Å². The van der Waals surface area contributed by atoms with Crippen LogP contribution < -0.4 is 10.1 Å². The van der Waals surface area contributed by atoms with E-state index < -0.39 is 0 Å². The molecular weight excluding hydrogens is 258 g/mol. The van der Waals surface area contributed by atoms with E-state index in [-0.39, 0.29) is 5.60 Å². The highest BCUT2D eigenvalue weighted by molar-refractivity contribution is 5.45. The number of nitrogens with one attached hydrogen (secondary N) is 1. The van der Waals surface area contributed by atoms with Crippen molar-refractivity contribution in [1.82, 2.24) is 5.32 Å². The van der Waals surface area contributed by atoms with Crippen molar-refractivity contribution in [3.63, 3.8) is 0 Å². The molecule has 0 spiro atoms. The Morgan fingerprint density at radius 3 is 2.71 bits per heavy atom. The summed E-state index contributed by atoms with van der Waals surface area (Å²) in [6.45, 7) is 5.36. The Morgan fingerprint density at radius 1 is 1.19 bits per heavy atom. The molecule has 1 aromatic carbocycles. The second kappa shape index (κ2) is 4.04. The highest BCUT2D eigenvalue weighted by Gasteiger charge is 2.64. The maximum Gasteiger partial charge on any atom is 0.127 e. The number of para-hydroxylation sites is 1. The fourth-order valence-corrected chi connectivity index (χ4v) is 5.64. The number of hydrogen-bond acceptors (Lipinski definition) is 2. The molecule has 112 valence electrons. The third-order valence-corrected chi connectivity index (χ3v) is 6.44. The van der Waals surface area contributed by atoms with E-state index in [9.17, 15) is 0 Å². The summed E-state index contributed by atoms with van der Waals surface area (Å²) in [5, 5.41) is 3.85. The summed E-state index contributed by atoms with van der Waals surface area (Å²) in [5.41, 5.74) is 2.71. The van der Waals surface area contributed by atoms with Crippen molar-refractivity contribution >= 4 is 0 Å². The molecule has 5 rings (SSSR count). The lowest BCUT2D eigenvalue weighted by atomic mass is 10.0. The second-order valence-electron chi connectivity index (χ2n) is 8.34. The average molecular weight is 283 g/mol. The smallest absolute Gasteiger partial charge is 0.127 e. The summed E-state index contributed by atoms with van der Waals surface area (Å²) in [5.74, 6) is 5.28. The van der Waals surface area contributed by atoms with Crippen LogP contribution >= 0.6 is 0 Å². The molecule has 0 saturated heterocycles. The molecule has 4 aliphatic rings. The number of benzene rings is 1. The molecule has 21 heavy (non-hydrogen) atoms. The summed E-state index contributed by atoms with van der Waals surface area (Å²) < 4.78 is 6.19. The normalized spacial score (nSPS) is 40.8. The molecule has 3 aliphatic carbocycles. The summed E-state index contributed by atoms with van der Waals surface area (Å²) in [4.78, 5) is 0. The third kappa shape index (κ3) is 1.81. The Hall–Kier alpha value is -1.02. The maximum absolute atomic E-state index is 6.19. The zero-order chi connectivity index (χ0) is 14.2. The van der Waals surface area contributed by atoms with E-state index in [1.807, 2.05) is 0 Å². The van der Waals surface area contributed by atoms with Gasteiger partial charge in [-0.3, -0.25) is 0 Å². The van der Waals surface area contributed by atoms with Crippen molar-refractivity contribution in [2.45, 2.75) is 57.7 Å². The van der Waals surface area contributed by atoms with Crippen LogP contribution in [0, 0.1) is 23.7 Å². The predicted octanol–water partition coefficient (Wildman–Crippen LogP) is 3.53. The third-order valence-electron chi connectivity index (χ3n) is 6.44. The molecule has 0 radical (unpaired) electrons. The Morgan fingerprint density at radius 2 is 1.95 bits per heavy atom. The van der Waals surface area contributed by atoms with Gasteiger partial charge in [-0.1, -0.05) is 18.2 Å². The lowest BCUT2D eigenvalue weighted by Crippen LogP contribution is -2.25. The fourth-order valence-electron chi connectivity index (χ4n) is 5.64. The molecule has 1 aliphatic heterocycles. The zero-order valence-electron chi connectivity index (χ0n) is 13.1. The molecule has 4 unspecified atom stereocenters. The van der Waals surface area contributed by atoms with Gasteiger partial charge in [0.15, 0.2) is 0 Å². The first-order valence-electron chi connectivity index (χ1n) is 8.65. The van der Waals surface area contributed by atoms with E-state index >= 15 is 0 Å². The lowest BCUT2D eigenvalue weighted by molar-refractivity contribution is 0.137. The Bertz CT molecular complexity index is 577. The lowest BCUT2D eigenvalue weighted by Gasteiger charge is -2.18. The molecule has 2 bridgehead atoms. The van der Waals surface area contributed by atoms with Crippen LogP contribution in [0.15, 0.2) is 18.2 Å². The summed E-state index contributed by atoms with van der Waals surface area (Å²) >= 11 is 0. The van der Waals surface area contributed by atoms with Gasteiger partial charge in [0.05, 0.1) is 0 Å². The van der Waals surface area contributed by atoms with Crippen LogP contribution in [0.4, 0.5) is 0 Å². The van der Waals surface area contributed by atoms with Gasteiger partial charge in [-0.2, -0.15) is 0 Å². The largest absolute Gasteiger partial charge is 0.487 e. The van der Waals surface area contributed by atoms with Gasteiger partial charge in [-0.05, 0) is 62.3 Å². The van der Waals surface area contributed by atoms with Crippen molar-refractivity contribution in [1.29, 1.82) is 0 Å². The minimum Gasteiger partial charge on any atom is -0.487 e. The van der Waals surface area contributed by atoms with Gasteiger partial charge in [0.1, 0.15) is 11.4 Å². The van der Waals surface area contributed by atoms with Crippen molar-refractivity contribution in [3.05, 3.63) is 29.3 Å². The first kappa shape index (κ1) is 12.5. The van der Waals surface area contributed by atoms with E-state index in [0.717, 1.165) is 48.4 Å². The van der Waals surface area contributed by atoms with Crippen LogP contribution in [0.1, 0.15) is 44.2 Å². The molecule has 0 amide bonds. The van der Waals surface area contributed by atoms with Gasteiger partial charge in [-0.15, -0.1) is 0 Å². The monoisotopic (exact) mass is 283 g/mol. The van der Waals surface area contributed by atoms with Gasteiger partial charge in [0.2, 0.25) is 0 Å². The Balaban J connectivity index is 1.30. The van der Waals surface area contributed by atoms with E-state index in [1.54, 1.807) is 0 Å². The standard InChI is InChI=1S/C19H25NO/c1-19(2)9-13-4-3-5-14(18(13)21-19)10-20-17-15-11-6-7-12(8-11)16(15)17/h3-5,11-12,15-17,20H,6-10H2,1-2H3. The van der Waals surface area contributed by atoms with E-state index in [0.29, 0.717) is 0 Å². The van der Waals surface area contributed by atoms with Crippen molar-refractivity contribution in [2.75, 3.05) is 0 Å². The van der Waals surface area contributed by atoms with Crippen LogP contribution in [0.25, 0.3) is 0 Å². The van der Waals surface area contributed by atoms with Crippen LogP contribution in [-0.4, -0.2) is 11.6 Å². The van der Waals surface area contributed by atoms with E-state index in [2.05, 4.69) is 37.4 Å². The minimum absolute atomic E-state index is 0.0341. The fraction of sp³-hybridized carbons (Fsp3) is 0.684. The minimum atomic E-state index is -0.0341. The molecular formula is C19H25NO. The van der Waals surface area contributed by atoms with Gasteiger partial charge in [0, 0.05) is 24.6 Å². The first-order valence-corrected chi connectivity index (χ1v) is 8.65. The SMILES string of the molecule is CC1(C)Cc2cccc(CNC3C4C5CCC(C5)C34)c2O1. The summed E-state index contributed by atoms with van der Waals surface area (Å²) in [6, 6.07) is 7.46. The Kier molecular flexibility index (Phi) is 2.41. The van der Waals surface area contributed by atoms with Crippen LogP contribution in [0.3, 0.4) is 0 Å². The van der Waals surface area contributed by atoms with Crippen LogP contribution in [0.2, 0.25) is 0 Å². The van der Waals surface area contributed by atoms with Gasteiger partial charge in [-0.25, -0.2) is 0 Å². The summed E-state index contributed by atoms with van der Waals surface area (Å²) in [6.07, 6.45) is 5.57. The maximum atomic E-state index is 6.19. The van der Waals surface area contributed by atoms with Crippen LogP contribution in [-0.2, 0) is 13.0 Å². The molecule has 2 heteroatoms. The number of fused-ring (bicyclic) bond motifs is 6. The Labute approximate surface area is 127 Å². The molecule has 1 N–H and O–H groups in total. The second-order valence-corrected chi connectivity index (χ2v) is 8.34. The zero-order valence-corrected chi connectivity index (χ0v) is 13.1. The molecule has 3 saturated carbocycles. The summed E-state index contributed by atoms with van der Waals surface area (Å²) in [7, 11) is 0.